The lowest BCUT2D eigenvalue weighted by atomic mass is 9.98. The highest BCUT2D eigenvalue weighted by Gasteiger charge is 2.31. The molecule has 2 unspecified atom stereocenters. The highest BCUT2D eigenvalue weighted by atomic mass is 32.2. The Balaban J connectivity index is 2.14. The Kier molecular flexibility index (Phi) is 4.29. The van der Waals surface area contributed by atoms with Crippen LogP contribution in [0.15, 0.2) is 4.52 Å². The van der Waals surface area contributed by atoms with Crippen LogP contribution >= 0.6 is 11.8 Å². The van der Waals surface area contributed by atoms with E-state index < -0.39 is 5.54 Å². The molecule has 1 aromatic heterocycles. The molecule has 1 saturated heterocycles. The van der Waals surface area contributed by atoms with Gasteiger partial charge in [0.15, 0.2) is 5.82 Å². The highest BCUT2D eigenvalue weighted by Crippen LogP contribution is 2.28. The number of rotatable bonds is 4. The van der Waals surface area contributed by atoms with Crippen LogP contribution in [0, 0.1) is 0 Å². The van der Waals surface area contributed by atoms with E-state index in [-0.39, 0.29) is 6.04 Å². The van der Waals surface area contributed by atoms with Crippen LogP contribution in [0.1, 0.15) is 44.4 Å². The summed E-state index contributed by atoms with van der Waals surface area (Å²) < 4.78 is 5.36. The average molecular weight is 270 g/mol. The van der Waals surface area contributed by atoms with Crippen LogP contribution in [0.3, 0.4) is 0 Å². The van der Waals surface area contributed by atoms with Crippen molar-refractivity contribution in [2.75, 3.05) is 25.1 Å². The van der Waals surface area contributed by atoms with Crippen LogP contribution in [0.2, 0.25) is 0 Å². The second-order valence-corrected chi connectivity index (χ2v) is 6.35. The smallest absolute Gasteiger partial charge is 0.246 e. The molecule has 5 nitrogen and oxygen atoms in total. The summed E-state index contributed by atoms with van der Waals surface area (Å²) in [6, 6.07) is 0.249. The fraction of sp³-hybridized carbons (Fsp3) is 0.833. The van der Waals surface area contributed by atoms with Gasteiger partial charge in [0.05, 0.1) is 11.6 Å². The summed E-state index contributed by atoms with van der Waals surface area (Å²) in [6.45, 7) is 5.12. The molecule has 0 spiro atoms. The zero-order valence-corrected chi connectivity index (χ0v) is 12.2. The van der Waals surface area contributed by atoms with E-state index in [2.05, 4.69) is 29.0 Å². The molecule has 1 aliphatic heterocycles. The van der Waals surface area contributed by atoms with Crippen molar-refractivity contribution in [2.24, 2.45) is 5.73 Å². The van der Waals surface area contributed by atoms with Gasteiger partial charge in [-0.05, 0) is 20.4 Å². The van der Waals surface area contributed by atoms with Gasteiger partial charge in [-0.25, -0.2) is 0 Å². The first-order chi connectivity index (χ1) is 8.54. The predicted octanol–water partition coefficient (Wildman–Crippen LogP) is 1.76. The summed E-state index contributed by atoms with van der Waals surface area (Å²) in [5.74, 6) is 3.52. The molecule has 2 heterocycles. The molecule has 2 atom stereocenters. The lowest BCUT2D eigenvalue weighted by Gasteiger charge is -2.29. The second-order valence-electron chi connectivity index (χ2n) is 5.20. The zero-order valence-electron chi connectivity index (χ0n) is 11.3. The Labute approximate surface area is 112 Å². The first-order valence-corrected chi connectivity index (χ1v) is 7.61. The van der Waals surface area contributed by atoms with E-state index in [4.69, 9.17) is 10.3 Å². The molecule has 2 N–H and O–H groups in total. The van der Waals surface area contributed by atoms with Crippen molar-refractivity contribution in [3.05, 3.63) is 11.7 Å². The molecule has 0 aromatic carbocycles. The number of nitrogens with two attached hydrogens (primary N) is 1. The van der Waals surface area contributed by atoms with E-state index >= 15 is 0 Å². The van der Waals surface area contributed by atoms with Gasteiger partial charge in [0.1, 0.15) is 0 Å². The maximum absolute atomic E-state index is 6.21. The molecule has 1 aliphatic rings. The number of hydrogen-bond acceptors (Lipinski definition) is 6. The van der Waals surface area contributed by atoms with E-state index in [1.165, 1.54) is 5.75 Å². The minimum Gasteiger partial charge on any atom is -0.337 e. The van der Waals surface area contributed by atoms with E-state index in [1.807, 2.05) is 18.7 Å². The summed E-state index contributed by atoms with van der Waals surface area (Å²) in [4.78, 5) is 6.79. The van der Waals surface area contributed by atoms with E-state index in [0.29, 0.717) is 5.89 Å². The Morgan fingerprint density at radius 1 is 1.61 bits per heavy atom. The van der Waals surface area contributed by atoms with Crippen molar-refractivity contribution >= 4 is 11.8 Å². The third kappa shape index (κ3) is 2.87. The Hall–Kier alpha value is -0.590. The molecule has 0 bridgehead atoms. The fourth-order valence-electron chi connectivity index (χ4n) is 2.19. The first-order valence-electron chi connectivity index (χ1n) is 6.45. The summed E-state index contributed by atoms with van der Waals surface area (Å²) in [5.41, 5.74) is 5.70. The van der Waals surface area contributed by atoms with Gasteiger partial charge in [-0.3, -0.25) is 4.90 Å². The molecule has 102 valence electrons. The van der Waals surface area contributed by atoms with Gasteiger partial charge in [0.2, 0.25) is 5.89 Å². The number of aromatic nitrogens is 2. The fourth-order valence-corrected chi connectivity index (χ4v) is 3.40. The first kappa shape index (κ1) is 13.8. The van der Waals surface area contributed by atoms with E-state index in [9.17, 15) is 0 Å². The molecule has 1 aromatic rings. The predicted molar refractivity (Wildman–Crippen MR) is 73.4 cm³/mol. The van der Waals surface area contributed by atoms with Crippen LogP contribution < -0.4 is 5.73 Å². The Morgan fingerprint density at radius 3 is 3.06 bits per heavy atom. The summed E-state index contributed by atoms with van der Waals surface area (Å²) >= 11 is 1.93. The average Bonchev–Trinajstić information content (AvgIpc) is 2.79. The van der Waals surface area contributed by atoms with Gasteiger partial charge in [0.25, 0.3) is 0 Å². The lowest BCUT2D eigenvalue weighted by molar-refractivity contribution is 0.251. The SMILES string of the molecule is CCCC(C)(N)c1nc(C2CSCCN2C)no1. The third-order valence-electron chi connectivity index (χ3n) is 3.39. The van der Waals surface area contributed by atoms with Gasteiger partial charge >= 0.3 is 0 Å². The normalized spacial score (nSPS) is 25.0. The number of nitrogens with zero attached hydrogens (tertiary/aromatic N) is 3. The van der Waals surface area contributed by atoms with Crippen LogP contribution in [0.5, 0.6) is 0 Å². The molecule has 6 heteroatoms. The van der Waals surface area contributed by atoms with Crippen molar-refractivity contribution in [2.45, 2.75) is 38.3 Å². The number of thioether (sulfide) groups is 1. The molecule has 0 aliphatic carbocycles. The molecule has 0 saturated carbocycles. The van der Waals surface area contributed by atoms with Crippen molar-refractivity contribution in [3.8, 4) is 0 Å². The minimum absolute atomic E-state index is 0.249. The maximum Gasteiger partial charge on any atom is 0.246 e. The summed E-state index contributed by atoms with van der Waals surface area (Å²) in [5, 5.41) is 4.12. The van der Waals surface area contributed by atoms with Crippen molar-refractivity contribution in [1.82, 2.24) is 15.0 Å². The molecule has 18 heavy (non-hydrogen) atoms. The molecule has 1 fully saturated rings. The van der Waals surface area contributed by atoms with Crippen molar-refractivity contribution in [3.63, 3.8) is 0 Å². The Morgan fingerprint density at radius 2 is 2.39 bits per heavy atom. The van der Waals surface area contributed by atoms with Crippen molar-refractivity contribution < 1.29 is 4.52 Å². The lowest BCUT2D eigenvalue weighted by Crippen LogP contribution is -2.35. The van der Waals surface area contributed by atoms with E-state index in [1.54, 1.807) is 0 Å². The molecule has 0 radical (unpaired) electrons. The summed E-state index contributed by atoms with van der Waals surface area (Å²) in [7, 11) is 2.11. The van der Waals surface area contributed by atoms with Crippen LogP contribution in [-0.2, 0) is 5.54 Å². The van der Waals surface area contributed by atoms with Crippen molar-refractivity contribution in [1.29, 1.82) is 0 Å². The molecular weight excluding hydrogens is 248 g/mol. The van der Waals surface area contributed by atoms with Crippen LogP contribution in [0.4, 0.5) is 0 Å². The van der Waals surface area contributed by atoms with Gasteiger partial charge in [0, 0.05) is 18.1 Å². The largest absolute Gasteiger partial charge is 0.337 e. The number of hydrogen-bond donors (Lipinski definition) is 1. The van der Waals surface area contributed by atoms with Crippen LogP contribution in [0.25, 0.3) is 0 Å². The molecule has 0 amide bonds. The van der Waals surface area contributed by atoms with Gasteiger partial charge in [-0.1, -0.05) is 18.5 Å². The van der Waals surface area contributed by atoms with Gasteiger partial charge in [-0.2, -0.15) is 16.7 Å². The monoisotopic (exact) mass is 270 g/mol. The summed E-state index contributed by atoms with van der Waals surface area (Å²) in [6.07, 6.45) is 1.85. The quantitative estimate of drug-likeness (QED) is 0.899. The third-order valence-corrected chi connectivity index (χ3v) is 4.42. The highest BCUT2D eigenvalue weighted by molar-refractivity contribution is 7.99. The topological polar surface area (TPSA) is 68.2 Å². The Bertz CT molecular complexity index is 393. The standard InChI is InChI=1S/C12H22N4OS/c1-4-5-12(2,13)11-14-10(15-17-11)9-8-18-7-6-16(9)3/h9H,4-8,13H2,1-3H3. The minimum atomic E-state index is -0.514. The second kappa shape index (κ2) is 5.59. The van der Waals surface area contributed by atoms with Gasteiger partial charge in [-0.15, -0.1) is 0 Å². The van der Waals surface area contributed by atoms with Crippen LogP contribution in [-0.4, -0.2) is 40.1 Å². The molecular formula is C12H22N4OS. The maximum atomic E-state index is 6.21. The zero-order chi connectivity index (χ0) is 13.2. The molecule has 2 rings (SSSR count). The van der Waals surface area contributed by atoms with Gasteiger partial charge < -0.3 is 10.3 Å². The van der Waals surface area contributed by atoms with E-state index in [0.717, 1.165) is 31.0 Å².